The van der Waals surface area contributed by atoms with Crippen LogP contribution in [0.25, 0.3) is 10.9 Å². The molecule has 8 nitrogen and oxygen atoms in total. The average Bonchev–Trinajstić information content (AvgIpc) is 3.29. The van der Waals surface area contributed by atoms with Gasteiger partial charge in [-0.05, 0) is 48.7 Å². The molecule has 1 aromatic carbocycles. The van der Waals surface area contributed by atoms with E-state index in [0.29, 0.717) is 18.0 Å². The van der Waals surface area contributed by atoms with Crippen LogP contribution in [0.15, 0.2) is 48.8 Å². The molecule has 31 heavy (non-hydrogen) atoms. The number of hydrogen-bond donors (Lipinski definition) is 3. The summed E-state index contributed by atoms with van der Waals surface area (Å²) in [5.41, 5.74) is 2.69. The topological polar surface area (TPSA) is 107 Å². The summed E-state index contributed by atoms with van der Waals surface area (Å²) in [7, 11) is 0. The lowest BCUT2D eigenvalue weighted by Crippen LogP contribution is -2.34. The van der Waals surface area contributed by atoms with Gasteiger partial charge in [0.05, 0.1) is 12.2 Å². The molecule has 0 unspecified atom stereocenters. The van der Waals surface area contributed by atoms with Crippen LogP contribution in [0.5, 0.6) is 0 Å². The zero-order valence-electron chi connectivity index (χ0n) is 16.7. The molecule has 160 valence electrons. The number of rotatable bonds is 8. The number of carbonyl (C=O) groups is 3. The van der Waals surface area contributed by atoms with Gasteiger partial charge in [-0.1, -0.05) is 17.7 Å². The van der Waals surface area contributed by atoms with E-state index < -0.39 is 12.1 Å². The van der Waals surface area contributed by atoms with Gasteiger partial charge in [-0.3, -0.25) is 19.5 Å². The van der Waals surface area contributed by atoms with E-state index in [-0.39, 0.29) is 31.2 Å². The molecule has 1 aliphatic rings. The maximum Gasteiger partial charge on any atom is 0.324 e. The van der Waals surface area contributed by atoms with Crippen molar-refractivity contribution < 1.29 is 14.4 Å². The van der Waals surface area contributed by atoms with Crippen molar-refractivity contribution >= 4 is 40.3 Å². The van der Waals surface area contributed by atoms with Gasteiger partial charge in [0, 0.05) is 41.3 Å². The third-order valence-electron chi connectivity index (χ3n) is 5.29. The van der Waals surface area contributed by atoms with Crippen molar-refractivity contribution in [3.63, 3.8) is 0 Å². The van der Waals surface area contributed by atoms with Crippen LogP contribution in [0.4, 0.5) is 4.79 Å². The van der Waals surface area contributed by atoms with Gasteiger partial charge in [0.1, 0.15) is 6.04 Å². The smallest absolute Gasteiger partial charge is 0.324 e. The van der Waals surface area contributed by atoms with Crippen LogP contribution in [0.3, 0.4) is 0 Å². The highest BCUT2D eigenvalue weighted by atomic mass is 35.5. The fourth-order valence-electron chi connectivity index (χ4n) is 3.63. The Kier molecular flexibility index (Phi) is 6.18. The van der Waals surface area contributed by atoms with Crippen molar-refractivity contribution in [2.45, 2.75) is 31.8 Å². The molecule has 0 spiro atoms. The van der Waals surface area contributed by atoms with Crippen molar-refractivity contribution in [3.05, 3.63) is 65.1 Å². The molecule has 0 saturated carbocycles. The van der Waals surface area contributed by atoms with E-state index in [1.54, 1.807) is 18.3 Å². The maximum atomic E-state index is 12.7. The minimum Gasteiger partial charge on any atom is -0.361 e. The lowest BCUT2D eigenvalue weighted by Gasteiger charge is -2.12. The number of halogens is 1. The monoisotopic (exact) mass is 439 g/mol. The molecule has 0 bridgehead atoms. The normalized spacial score (nSPS) is 16.0. The van der Waals surface area contributed by atoms with Crippen molar-refractivity contribution in [3.8, 4) is 0 Å². The first-order chi connectivity index (χ1) is 15.0. The second-order valence-electron chi connectivity index (χ2n) is 7.38. The Morgan fingerprint density at radius 1 is 1.23 bits per heavy atom. The molecule has 1 saturated heterocycles. The Hall–Kier alpha value is -3.39. The Balaban J connectivity index is 1.28. The van der Waals surface area contributed by atoms with E-state index in [1.165, 1.54) is 4.90 Å². The molecule has 4 amide bonds. The maximum absolute atomic E-state index is 12.7. The minimum absolute atomic E-state index is 0.137. The molecule has 3 N–H and O–H groups in total. The molecule has 1 aliphatic heterocycles. The number of pyridine rings is 1. The number of aromatic nitrogens is 2. The highest BCUT2D eigenvalue weighted by Gasteiger charge is 2.37. The number of H-pyrrole nitrogens is 1. The zero-order chi connectivity index (χ0) is 21.8. The van der Waals surface area contributed by atoms with Gasteiger partial charge >= 0.3 is 6.03 Å². The summed E-state index contributed by atoms with van der Waals surface area (Å²) >= 11 is 6.08. The molecule has 1 atom stereocenters. The van der Waals surface area contributed by atoms with Gasteiger partial charge < -0.3 is 15.6 Å². The third kappa shape index (κ3) is 4.86. The van der Waals surface area contributed by atoms with E-state index >= 15 is 0 Å². The van der Waals surface area contributed by atoms with Gasteiger partial charge in [-0.2, -0.15) is 0 Å². The fraction of sp³-hybridized carbons (Fsp3) is 0.273. The van der Waals surface area contributed by atoms with Crippen LogP contribution in [-0.2, 0) is 22.6 Å². The van der Waals surface area contributed by atoms with Crippen molar-refractivity contribution in [1.29, 1.82) is 0 Å². The number of nitrogens with one attached hydrogen (secondary N) is 3. The van der Waals surface area contributed by atoms with Crippen LogP contribution in [-0.4, -0.2) is 45.3 Å². The average molecular weight is 440 g/mol. The summed E-state index contributed by atoms with van der Waals surface area (Å²) < 4.78 is 0. The van der Waals surface area contributed by atoms with E-state index in [2.05, 4.69) is 20.6 Å². The summed E-state index contributed by atoms with van der Waals surface area (Å²) in [6.07, 6.45) is 4.42. The number of amides is 4. The van der Waals surface area contributed by atoms with Crippen molar-refractivity contribution in [2.24, 2.45) is 0 Å². The second-order valence-corrected chi connectivity index (χ2v) is 7.82. The minimum atomic E-state index is -0.689. The molecular weight excluding hydrogens is 418 g/mol. The third-order valence-corrected chi connectivity index (χ3v) is 5.53. The number of carbonyl (C=O) groups excluding carboxylic acids is 3. The van der Waals surface area contributed by atoms with Gasteiger partial charge in [0.25, 0.3) is 5.91 Å². The van der Waals surface area contributed by atoms with E-state index in [0.717, 1.165) is 22.2 Å². The van der Waals surface area contributed by atoms with E-state index in [4.69, 9.17) is 11.6 Å². The quantitative estimate of drug-likeness (QED) is 0.469. The molecule has 4 rings (SSSR count). The number of fused-ring (bicyclic) bond motifs is 1. The number of urea groups is 1. The Morgan fingerprint density at radius 3 is 2.90 bits per heavy atom. The van der Waals surface area contributed by atoms with E-state index in [9.17, 15) is 14.4 Å². The molecule has 0 radical (unpaired) electrons. The molecule has 2 aromatic heterocycles. The summed E-state index contributed by atoms with van der Waals surface area (Å²) in [6, 6.07) is 9.91. The summed E-state index contributed by atoms with van der Waals surface area (Å²) in [4.78, 5) is 45.5. The first-order valence-electron chi connectivity index (χ1n) is 10.1. The van der Waals surface area contributed by atoms with E-state index in [1.807, 2.05) is 30.5 Å². The largest absolute Gasteiger partial charge is 0.361 e. The number of benzene rings is 1. The second kappa shape index (κ2) is 9.18. The van der Waals surface area contributed by atoms with Crippen LogP contribution >= 0.6 is 11.6 Å². The first-order valence-corrected chi connectivity index (χ1v) is 10.4. The Bertz CT molecular complexity index is 1110. The van der Waals surface area contributed by atoms with Crippen LogP contribution in [0.2, 0.25) is 5.02 Å². The van der Waals surface area contributed by atoms with Crippen molar-refractivity contribution in [1.82, 2.24) is 25.5 Å². The van der Waals surface area contributed by atoms with Crippen molar-refractivity contribution in [2.75, 3.05) is 6.54 Å². The lowest BCUT2D eigenvalue weighted by molar-refractivity contribution is -0.127. The lowest BCUT2D eigenvalue weighted by atomic mass is 10.1. The van der Waals surface area contributed by atoms with Gasteiger partial charge in [-0.15, -0.1) is 0 Å². The van der Waals surface area contributed by atoms with Gasteiger partial charge in [0.15, 0.2) is 0 Å². The highest BCUT2D eigenvalue weighted by Crippen LogP contribution is 2.23. The SMILES string of the molecule is O=C(CC[C@@H]1NC(=O)N(CCc2c[nH]c3ccc(Cl)cc23)C1=O)NCc1ccccn1. The predicted octanol–water partition coefficient (Wildman–Crippen LogP) is 2.78. The summed E-state index contributed by atoms with van der Waals surface area (Å²) in [5.74, 6) is -0.498. The summed E-state index contributed by atoms with van der Waals surface area (Å²) in [6.45, 7) is 0.581. The predicted molar refractivity (Wildman–Crippen MR) is 116 cm³/mol. The molecule has 9 heteroatoms. The molecule has 0 aliphatic carbocycles. The van der Waals surface area contributed by atoms with Crippen LogP contribution < -0.4 is 10.6 Å². The zero-order valence-corrected chi connectivity index (χ0v) is 17.5. The number of aromatic amines is 1. The Labute approximate surface area is 184 Å². The van der Waals surface area contributed by atoms with Gasteiger partial charge in [-0.25, -0.2) is 4.79 Å². The molecule has 1 fully saturated rings. The van der Waals surface area contributed by atoms with Crippen LogP contribution in [0.1, 0.15) is 24.1 Å². The standard InChI is InChI=1S/C22H22ClN5O3/c23-15-4-5-18-17(11-15)14(12-25-18)8-10-28-21(30)19(27-22(28)31)6-7-20(29)26-13-16-3-1-2-9-24-16/h1-5,9,11-12,19,25H,6-8,10,13H2,(H,26,29)(H,27,31)/t19-/m0/s1. The van der Waals surface area contributed by atoms with Crippen LogP contribution in [0, 0.1) is 0 Å². The fourth-order valence-corrected chi connectivity index (χ4v) is 3.80. The number of nitrogens with zero attached hydrogens (tertiary/aromatic N) is 2. The van der Waals surface area contributed by atoms with Gasteiger partial charge in [0.2, 0.25) is 5.91 Å². The summed E-state index contributed by atoms with van der Waals surface area (Å²) in [5, 5.41) is 7.05. The Morgan fingerprint density at radius 2 is 2.10 bits per heavy atom. The molecular formula is C22H22ClN5O3. The molecule has 3 aromatic rings. The number of hydrogen-bond acceptors (Lipinski definition) is 4. The number of imide groups is 1. The first kappa shape index (κ1) is 20.9. The highest BCUT2D eigenvalue weighted by molar-refractivity contribution is 6.31. The molecule has 3 heterocycles.